The zero-order chi connectivity index (χ0) is 5.21. The molecule has 0 radical (unpaired) electrons. The van der Waals surface area contributed by atoms with Gasteiger partial charge in [0.05, 0.1) is 6.26 Å². The van der Waals surface area contributed by atoms with Crippen LogP contribution in [-0.4, -0.2) is 33.5 Å². The van der Waals surface area contributed by atoms with Crippen molar-refractivity contribution in [2.24, 2.45) is 0 Å². The third kappa shape index (κ3) is 10.7. The quantitative estimate of drug-likeness (QED) is 0.427. The molecule has 0 amide bonds. The van der Waals surface area contributed by atoms with Crippen molar-refractivity contribution in [3.8, 4) is 0 Å². The number of halogens is 1. The van der Waals surface area contributed by atoms with Crippen LogP contribution in [0.4, 0.5) is 4.53 Å². The summed E-state index contributed by atoms with van der Waals surface area (Å²) in [5.41, 5.74) is 0. The van der Waals surface area contributed by atoms with E-state index in [2.05, 4.69) is 4.39 Å². The summed E-state index contributed by atoms with van der Waals surface area (Å²) in [6.07, 6.45) is 0.618. The van der Waals surface area contributed by atoms with Gasteiger partial charge < -0.3 is 0 Å². The second-order valence-corrected chi connectivity index (χ2v) is 2.30. The first-order chi connectivity index (χ1) is 2.56. The minimum atomic E-state index is -3.83. The Kier molecular flexibility index (Phi) is 5.12. The molecular formula is CH4FLiO3S. The molecule has 0 heterocycles. The Morgan fingerprint density at radius 2 is 1.71 bits per heavy atom. The Morgan fingerprint density at radius 3 is 1.71 bits per heavy atom. The van der Waals surface area contributed by atoms with Crippen LogP contribution in [0.2, 0.25) is 0 Å². The molecule has 7 heavy (non-hydrogen) atoms. The average molecular weight is 122 g/mol. The van der Waals surface area contributed by atoms with Gasteiger partial charge in [0.2, 0.25) is 0 Å². The monoisotopic (exact) mass is 122 g/mol. The van der Waals surface area contributed by atoms with E-state index in [0.29, 0.717) is 6.26 Å². The van der Waals surface area contributed by atoms with E-state index in [4.69, 9.17) is 0 Å². The number of rotatable bonds is 1. The normalized spacial score (nSPS) is 10.0. The van der Waals surface area contributed by atoms with Crippen molar-refractivity contribution < 1.29 is 17.3 Å². The molecule has 0 aliphatic rings. The fourth-order valence-corrected chi connectivity index (χ4v) is 0. The standard InChI is InChI=1S/CH3FO3S.Li.H/c1-6(3,4)5-2;;/h1H3;;. The van der Waals surface area contributed by atoms with Crippen molar-refractivity contribution in [3.05, 3.63) is 0 Å². The Balaban J connectivity index is 0. The Bertz CT molecular complexity index is 117. The van der Waals surface area contributed by atoms with Crippen molar-refractivity contribution in [1.29, 1.82) is 0 Å². The van der Waals surface area contributed by atoms with Gasteiger partial charge in [-0.1, -0.05) is 4.39 Å². The van der Waals surface area contributed by atoms with Gasteiger partial charge in [-0.25, -0.2) is 0 Å². The van der Waals surface area contributed by atoms with Crippen molar-refractivity contribution in [3.63, 3.8) is 0 Å². The molecule has 0 atom stereocenters. The second kappa shape index (κ2) is 3.44. The molecule has 6 heteroatoms. The zero-order valence-corrected chi connectivity index (χ0v) is 3.83. The maximum absolute atomic E-state index is 10.4. The first-order valence-corrected chi connectivity index (χ1v) is 2.88. The topological polar surface area (TPSA) is 43.4 Å². The van der Waals surface area contributed by atoms with E-state index in [1.54, 1.807) is 0 Å². The van der Waals surface area contributed by atoms with Crippen LogP contribution in [-0.2, 0) is 14.5 Å². The molecule has 0 fully saturated rings. The summed E-state index contributed by atoms with van der Waals surface area (Å²) in [7, 11) is -3.83. The van der Waals surface area contributed by atoms with Crippen molar-refractivity contribution in [2.75, 3.05) is 6.26 Å². The van der Waals surface area contributed by atoms with Gasteiger partial charge in [-0.3, -0.25) is 0 Å². The zero-order valence-electron chi connectivity index (χ0n) is 3.01. The third-order valence-corrected chi connectivity index (χ3v) is 0.343. The molecule has 0 aromatic rings. The molecule has 0 saturated heterocycles. The summed E-state index contributed by atoms with van der Waals surface area (Å²) >= 11 is 0. The van der Waals surface area contributed by atoms with Crippen LogP contribution < -0.4 is 0 Å². The predicted molar refractivity (Wildman–Crippen MR) is 24.2 cm³/mol. The molecule has 3 nitrogen and oxygen atoms in total. The van der Waals surface area contributed by atoms with E-state index in [0.717, 1.165) is 0 Å². The molecule has 0 bridgehead atoms. The summed E-state index contributed by atoms with van der Waals surface area (Å²) in [5.74, 6) is 0. The Morgan fingerprint density at radius 1 is 1.57 bits per heavy atom. The van der Waals surface area contributed by atoms with E-state index in [1.807, 2.05) is 0 Å². The molecular weight excluding hydrogens is 118 g/mol. The van der Waals surface area contributed by atoms with Crippen LogP contribution in [0.5, 0.6) is 0 Å². The van der Waals surface area contributed by atoms with E-state index < -0.39 is 10.1 Å². The molecule has 0 aromatic carbocycles. The van der Waals surface area contributed by atoms with Gasteiger partial charge in [0.15, 0.2) is 0 Å². The Hall–Kier alpha value is 0.437. The van der Waals surface area contributed by atoms with Gasteiger partial charge in [-0.05, 0) is 4.53 Å². The second-order valence-electron chi connectivity index (χ2n) is 0.767. The molecule has 0 aliphatic heterocycles. The van der Waals surface area contributed by atoms with E-state index >= 15 is 0 Å². The average Bonchev–Trinajstić information content (AvgIpc) is 1.35. The molecule has 0 N–H and O–H groups in total. The van der Waals surface area contributed by atoms with E-state index in [-0.39, 0.29) is 18.9 Å². The Labute approximate surface area is 53.1 Å². The molecule has 0 aliphatic carbocycles. The molecule has 0 rings (SSSR count). The molecule has 0 aromatic heterocycles. The summed E-state index contributed by atoms with van der Waals surface area (Å²) in [6, 6.07) is 0. The van der Waals surface area contributed by atoms with E-state index in [9.17, 15) is 12.9 Å². The number of hydrogen-bond donors (Lipinski definition) is 0. The van der Waals surface area contributed by atoms with Crippen LogP contribution in [0.1, 0.15) is 0 Å². The van der Waals surface area contributed by atoms with Gasteiger partial charge in [0.1, 0.15) is 0 Å². The van der Waals surface area contributed by atoms with Gasteiger partial charge in [0, 0.05) is 0 Å². The van der Waals surface area contributed by atoms with Gasteiger partial charge >= 0.3 is 18.9 Å². The van der Waals surface area contributed by atoms with Gasteiger partial charge in [-0.15, -0.1) is 0 Å². The van der Waals surface area contributed by atoms with Crippen LogP contribution in [0.3, 0.4) is 0 Å². The summed E-state index contributed by atoms with van der Waals surface area (Å²) in [5, 5.41) is 0. The molecule has 0 saturated carbocycles. The first kappa shape index (κ1) is 10.4. The molecule has 0 unspecified atom stereocenters. The van der Waals surface area contributed by atoms with Crippen LogP contribution in [0.25, 0.3) is 0 Å². The first-order valence-electron chi connectivity index (χ1n) is 1.06. The minimum absolute atomic E-state index is 0. The number of hydrogen-bond acceptors (Lipinski definition) is 3. The fraction of sp³-hybridized carbons (Fsp3) is 1.00. The van der Waals surface area contributed by atoms with Crippen LogP contribution in [0, 0.1) is 0 Å². The SMILES string of the molecule is CS(=O)(=O)OF.[LiH]. The molecule has 0 spiro atoms. The van der Waals surface area contributed by atoms with Crippen molar-refractivity contribution in [2.45, 2.75) is 0 Å². The van der Waals surface area contributed by atoms with Gasteiger partial charge in [0.25, 0.3) is 10.1 Å². The summed E-state index contributed by atoms with van der Waals surface area (Å²) in [4.78, 5) is 0. The van der Waals surface area contributed by atoms with E-state index in [1.165, 1.54) is 0 Å². The summed E-state index contributed by atoms with van der Waals surface area (Å²) < 4.78 is 31.6. The van der Waals surface area contributed by atoms with Crippen LogP contribution >= 0.6 is 0 Å². The van der Waals surface area contributed by atoms with Crippen molar-refractivity contribution in [1.82, 2.24) is 0 Å². The summed E-state index contributed by atoms with van der Waals surface area (Å²) in [6.45, 7) is 0. The molecule has 40 valence electrons. The van der Waals surface area contributed by atoms with Crippen molar-refractivity contribution >= 4 is 29.0 Å². The fourth-order valence-electron chi connectivity index (χ4n) is 0. The van der Waals surface area contributed by atoms with Crippen LogP contribution in [0.15, 0.2) is 0 Å². The van der Waals surface area contributed by atoms with Gasteiger partial charge in [-0.2, -0.15) is 8.42 Å². The predicted octanol–water partition coefficient (Wildman–Crippen LogP) is -0.801. The third-order valence-electron chi connectivity index (χ3n) is 0.114. The maximum atomic E-state index is 10.4.